The van der Waals surface area contributed by atoms with Crippen LogP contribution in [0.1, 0.15) is 51.6 Å². The van der Waals surface area contributed by atoms with Crippen LogP contribution in [0.4, 0.5) is 30.4 Å². The molecule has 5 rings (SSSR count). The van der Waals surface area contributed by atoms with E-state index in [4.69, 9.17) is 4.74 Å². The van der Waals surface area contributed by atoms with Crippen LogP contribution in [0.3, 0.4) is 0 Å². The van der Waals surface area contributed by atoms with Crippen molar-refractivity contribution in [2.75, 3.05) is 17.2 Å². The van der Waals surface area contributed by atoms with E-state index in [1.165, 1.54) is 18.3 Å². The van der Waals surface area contributed by atoms with E-state index in [1.54, 1.807) is 37.3 Å². The average molecular weight is 526 g/mol. The Kier molecular flexibility index (Phi) is 6.94. The summed E-state index contributed by atoms with van der Waals surface area (Å²) in [6.07, 6.45) is -1.86. The number of fused-ring (bicyclic) bond motifs is 1. The number of nitrogens with one attached hydrogen (secondary N) is 4. The van der Waals surface area contributed by atoms with Crippen molar-refractivity contribution in [3.8, 4) is 5.75 Å². The van der Waals surface area contributed by atoms with E-state index in [9.17, 15) is 22.8 Å². The maximum Gasteiger partial charge on any atom is 0.419 e. The number of benzene rings is 2. The number of amides is 2. The Labute approximate surface area is 217 Å². The fraction of sp³-hybridized carbons (Fsp3) is 0.296. The van der Waals surface area contributed by atoms with Crippen molar-refractivity contribution < 1.29 is 27.5 Å². The maximum atomic E-state index is 13.7. The lowest BCUT2D eigenvalue weighted by Crippen LogP contribution is -2.37. The van der Waals surface area contributed by atoms with Crippen molar-refractivity contribution in [1.82, 2.24) is 15.6 Å². The average Bonchev–Trinajstić information content (AvgIpc) is 3.55. The number of alkyl halides is 3. The molecule has 1 fully saturated rings. The minimum absolute atomic E-state index is 0.0525. The van der Waals surface area contributed by atoms with Crippen molar-refractivity contribution >= 4 is 29.0 Å². The molecule has 3 aromatic rings. The van der Waals surface area contributed by atoms with Crippen molar-refractivity contribution in [3.63, 3.8) is 0 Å². The Hall–Kier alpha value is -4.12. The molecule has 0 aliphatic carbocycles. The first-order valence-electron chi connectivity index (χ1n) is 12.3. The summed E-state index contributed by atoms with van der Waals surface area (Å²) >= 11 is 0. The molecule has 2 atom stereocenters. The lowest BCUT2D eigenvalue weighted by molar-refractivity contribution is -0.139. The number of anilines is 3. The fourth-order valence-corrected chi connectivity index (χ4v) is 4.71. The Morgan fingerprint density at radius 3 is 2.79 bits per heavy atom. The smallest absolute Gasteiger partial charge is 0.419 e. The minimum atomic E-state index is -4.62. The van der Waals surface area contributed by atoms with E-state index in [1.807, 2.05) is 0 Å². The quantitative estimate of drug-likeness (QED) is 0.351. The summed E-state index contributed by atoms with van der Waals surface area (Å²) in [4.78, 5) is 29.5. The number of ether oxygens (including phenoxy) is 1. The fourth-order valence-electron chi connectivity index (χ4n) is 4.71. The zero-order valence-corrected chi connectivity index (χ0v) is 20.5. The highest BCUT2D eigenvalue weighted by atomic mass is 19.4. The highest BCUT2D eigenvalue weighted by Crippen LogP contribution is 2.39. The van der Waals surface area contributed by atoms with Crippen LogP contribution in [0, 0.1) is 0 Å². The Balaban J connectivity index is 1.38. The Morgan fingerprint density at radius 1 is 1.18 bits per heavy atom. The number of aromatic nitrogens is 1. The largest absolute Gasteiger partial charge is 0.488 e. The van der Waals surface area contributed by atoms with Gasteiger partial charge in [0, 0.05) is 47.4 Å². The van der Waals surface area contributed by atoms with E-state index in [0.717, 1.165) is 31.0 Å². The van der Waals surface area contributed by atoms with E-state index < -0.39 is 23.8 Å². The first kappa shape index (κ1) is 25.5. The lowest BCUT2D eigenvalue weighted by Gasteiger charge is -2.24. The van der Waals surface area contributed by atoms with Crippen LogP contribution in [0.25, 0.3) is 0 Å². The second-order valence-corrected chi connectivity index (χ2v) is 9.23. The maximum absolute atomic E-state index is 13.7. The topological polar surface area (TPSA) is 104 Å². The van der Waals surface area contributed by atoms with Gasteiger partial charge < -0.3 is 26.0 Å². The zero-order chi connectivity index (χ0) is 26.9. The monoisotopic (exact) mass is 525 g/mol. The summed E-state index contributed by atoms with van der Waals surface area (Å²) < 4.78 is 46.8. The van der Waals surface area contributed by atoms with Gasteiger partial charge in [0.15, 0.2) is 0 Å². The molecule has 2 aliphatic rings. The highest BCUT2D eigenvalue weighted by molar-refractivity contribution is 6.08. The summed E-state index contributed by atoms with van der Waals surface area (Å²) in [6.45, 7) is 2.86. The number of rotatable bonds is 7. The summed E-state index contributed by atoms with van der Waals surface area (Å²) in [7, 11) is 0. The van der Waals surface area contributed by atoms with Crippen LogP contribution < -0.4 is 26.0 Å². The van der Waals surface area contributed by atoms with E-state index >= 15 is 0 Å². The molecule has 1 aromatic heterocycles. The zero-order valence-electron chi connectivity index (χ0n) is 20.5. The molecule has 1 saturated heterocycles. The van der Waals surface area contributed by atoms with Crippen LogP contribution in [-0.4, -0.2) is 35.5 Å². The van der Waals surface area contributed by atoms with Gasteiger partial charge in [-0.25, -0.2) is 4.98 Å². The van der Waals surface area contributed by atoms with E-state index in [0.29, 0.717) is 17.8 Å². The summed E-state index contributed by atoms with van der Waals surface area (Å²) in [6, 6.07) is 11.6. The molecule has 198 valence electrons. The molecule has 0 saturated carbocycles. The van der Waals surface area contributed by atoms with Crippen molar-refractivity contribution in [3.05, 3.63) is 77.0 Å². The summed E-state index contributed by atoms with van der Waals surface area (Å²) in [5.74, 6) is -0.861. The van der Waals surface area contributed by atoms with Crippen LogP contribution >= 0.6 is 0 Å². The van der Waals surface area contributed by atoms with Gasteiger partial charge in [0.2, 0.25) is 0 Å². The number of halogens is 3. The standard InChI is InChI=1S/C27H26F3N5O3/c1-15(21-8-4-11-31-21)38-23-13-16(9-10-20(23)27(28,29)30)34-26(37)18-6-3-12-32-24(18)35-22-7-2-5-17-19(22)14-33-25(17)36/h2-3,5-7,9-10,12-13,15,21,31H,4,8,11,14H2,1H3,(H,32,35)(H,33,36)(H,34,37). The summed E-state index contributed by atoms with van der Waals surface area (Å²) in [5, 5.41) is 11.8. The van der Waals surface area contributed by atoms with E-state index in [-0.39, 0.29) is 34.8 Å². The van der Waals surface area contributed by atoms with Crippen LogP contribution in [-0.2, 0) is 12.7 Å². The van der Waals surface area contributed by atoms with Gasteiger partial charge in [0.1, 0.15) is 17.7 Å². The Bertz CT molecular complexity index is 1370. The van der Waals surface area contributed by atoms with Crippen LogP contribution in [0.2, 0.25) is 0 Å². The predicted molar refractivity (Wildman–Crippen MR) is 136 cm³/mol. The van der Waals surface area contributed by atoms with Gasteiger partial charge >= 0.3 is 6.18 Å². The first-order valence-corrected chi connectivity index (χ1v) is 12.3. The normalized spacial score (nSPS) is 17.5. The number of carbonyl (C=O) groups excluding carboxylic acids is 2. The molecule has 0 spiro atoms. The van der Waals surface area contributed by atoms with Gasteiger partial charge in [-0.1, -0.05) is 6.07 Å². The van der Waals surface area contributed by atoms with Gasteiger partial charge in [-0.2, -0.15) is 13.2 Å². The molecule has 0 radical (unpaired) electrons. The number of nitrogens with zero attached hydrogens (tertiary/aromatic N) is 1. The van der Waals surface area contributed by atoms with Crippen LogP contribution in [0.15, 0.2) is 54.7 Å². The minimum Gasteiger partial charge on any atom is -0.488 e. The van der Waals surface area contributed by atoms with E-state index in [2.05, 4.69) is 26.3 Å². The molecule has 2 amide bonds. The highest BCUT2D eigenvalue weighted by Gasteiger charge is 2.36. The van der Waals surface area contributed by atoms with Crippen molar-refractivity contribution in [1.29, 1.82) is 0 Å². The van der Waals surface area contributed by atoms with Crippen molar-refractivity contribution in [2.24, 2.45) is 0 Å². The molecular weight excluding hydrogens is 499 g/mol. The molecule has 4 N–H and O–H groups in total. The SMILES string of the molecule is CC(Oc1cc(NC(=O)c2cccnc2Nc2cccc3c2CNC3=O)ccc1C(F)(F)F)C1CCCN1. The molecule has 8 nitrogen and oxygen atoms in total. The third-order valence-corrected chi connectivity index (χ3v) is 6.67. The molecule has 0 bridgehead atoms. The van der Waals surface area contributed by atoms with Gasteiger partial charge in [-0.3, -0.25) is 9.59 Å². The van der Waals surface area contributed by atoms with Gasteiger partial charge in [-0.15, -0.1) is 0 Å². The van der Waals surface area contributed by atoms with Gasteiger partial charge in [-0.05, 0) is 62.7 Å². The van der Waals surface area contributed by atoms with Gasteiger partial charge in [0.05, 0.1) is 11.1 Å². The van der Waals surface area contributed by atoms with Crippen molar-refractivity contribution in [2.45, 2.75) is 44.6 Å². The first-order chi connectivity index (χ1) is 18.2. The number of hydrogen-bond donors (Lipinski definition) is 4. The predicted octanol–water partition coefficient (Wildman–Crippen LogP) is 4.86. The lowest BCUT2D eigenvalue weighted by atomic mass is 10.1. The molecule has 2 aliphatic heterocycles. The second-order valence-electron chi connectivity index (χ2n) is 9.23. The molecule has 38 heavy (non-hydrogen) atoms. The number of pyridine rings is 1. The molecule has 11 heteroatoms. The third-order valence-electron chi connectivity index (χ3n) is 6.67. The third kappa shape index (κ3) is 5.28. The molecule has 2 aromatic carbocycles. The molecule has 2 unspecified atom stereocenters. The summed E-state index contributed by atoms with van der Waals surface area (Å²) in [5.41, 5.74) is 1.32. The second kappa shape index (κ2) is 10.3. The van der Waals surface area contributed by atoms with Crippen LogP contribution in [0.5, 0.6) is 5.75 Å². The molecular formula is C27H26F3N5O3. The number of hydrogen-bond acceptors (Lipinski definition) is 6. The number of carbonyl (C=O) groups is 2. The Morgan fingerprint density at radius 2 is 2.03 bits per heavy atom. The molecule has 3 heterocycles. The van der Waals surface area contributed by atoms with Gasteiger partial charge in [0.25, 0.3) is 11.8 Å².